The van der Waals surface area contributed by atoms with E-state index in [4.69, 9.17) is 0 Å². The summed E-state index contributed by atoms with van der Waals surface area (Å²) in [5, 5.41) is 2.38. The lowest BCUT2D eigenvalue weighted by Crippen LogP contribution is -2.62. The number of carbonyl (C=O) groups excluding carboxylic acids is 3. The molecule has 5 heteroatoms. The Balaban J connectivity index is 1.82. The van der Waals surface area contributed by atoms with Gasteiger partial charge in [-0.3, -0.25) is 19.8 Å². The largest absolute Gasteiger partial charge is 0.331 e. The number of amides is 4. The van der Waals surface area contributed by atoms with Gasteiger partial charge in [-0.25, -0.2) is 4.79 Å². The molecule has 2 aliphatic carbocycles. The zero-order valence-electron chi connectivity index (χ0n) is 11.2. The van der Waals surface area contributed by atoms with Crippen LogP contribution in [-0.4, -0.2) is 28.8 Å². The second kappa shape index (κ2) is 4.62. The van der Waals surface area contributed by atoms with E-state index in [-0.39, 0.29) is 23.8 Å². The Bertz CT molecular complexity index is 402. The lowest BCUT2D eigenvalue weighted by molar-refractivity contribution is -0.146. The van der Waals surface area contributed by atoms with E-state index in [1.807, 2.05) is 6.92 Å². The highest BCUT2D eigenvalue weighted by atomic mass is 16.2. The molecule has 0 aromatic heterocycles. The van der Waals surface area contributed by atoms with Crippen molar-refractivity contribution in [2.45, 2.75) is 51.5 Å². The highest BCUT2D eigenvalue weighted by Gasteiger charge is 2.48. The number of hydrogen-bond donors (Lipinski definition) is 1. The van der Waals surface area contributed by atoms with Crippen LogP contribution in [0.4, 0.5) is 4.79 Å². The predicted molar refractivity (Wildman–Crippen MR) is 68.0 cm³/mol. The molecule has 0 spiro atoms. The van der Waals surface area contributed by atoms with Gasteiger partial charge in [0.1, 0.15) is 5.92 Å². The van der Waals surface area contributed by atoms with Crippen LogP contribution in [0.5, 0.6) is 0 Å². The van der Waals surface area contributed by atoms with Crippen molar-refractivity contribution in [3.63, 3.8) is 0 Å². The zero-order chi connectivity index (χ0) is 13.6. The second-order valence-corrected chi connectivity index (χ2v) is 6.10. The fraction of sp³-hybridized carbons (Fsp3) is 0.786. The Morgan fingerprint density at radius 1 is 1.11 bits per heavy atom. The molecule has 2 atom stereocenters. The van der Waals surface area contributed by atoms with Crippen LogP contribution in [0.3, 0.4) is 0 Å². The van der Waals surface area contributed by atoms with Crippen LogP contribution in [0, 0.1) is 17.8 Å². The highest BCUT2D eigenvalue weighted by Crippen LogP contribution is 2.39. The topological polar surface area (TPSA) is 66.5 Å². The minimum Gasteiger partial charge on any atom is -0.277 e. The van der Waals surface area contributed by atoms with Gasteiger partial charge in [0.15, 0.2) is 0 Å². The van der Waals surface area contributed by atoms with Crippen LogP contribution in [-0.2, 0) is 9.59 Å². The molecule has 0 aromatic rings. The SMILES string of the molecule is CC(C1CC1)N1C(=O)NC(=O)C(C2CCCC2)C1=O. The van der Waals surface area contributed by atoms with Crippen LogP contribution in [0.15, 0.2) is 0 Å². The Morgan fingerprint density at radius 2 is 1.74 bits per heavy atom. The van der Waals surface area contributed by atoms with Crippen LogP contribution < -0.4 is 5.32 Å². The van der Waals surface area contributed by atoms with Gasteiger partial charge in [0.25, 0.3) is 0 Å². The fourth-order valence-corrected chi connectivity index (χ4v) is 3.49. The van der Waals surface area contributed by atoms with Crippen LogP contribution >= 0.6 is 0 Å². The number of carbonyl (C=O) groups is 3. The molecule has 0 bridgehead atoms. The molecule has 1 aliphatic heterocycles. The van der Waals surface area contributed by atoms with Gasteiger partial charge in [0.05, 0.1) is 0 Å². The maximum Gasteiger partial charge on any atom is 0.331 e. The van der Waals surface area contributed by atoms with E-state index < -0.39 is 11.9 Å². The third-order valence-corrected chi connectivity index (χ3v) is 4.82. The number of hydrogen-bond acceptors (Lipinski definition) is 3. The van der Waals surface area contributed by atoms with E-state index in [0.717, 1.165) is 38.5 Å². The van der Waals surface area contributed by atoms with E-state index in [0.29, 0.717) is 5.92 Å². The van der Waals surface area contributed by atoms with Gasteiger partial charge in [0, 0.05) is 6.04 Å². The number of imide groups is 2. The molecule has 3 rings (SSSR count). The van der Waals surface area contributed by atoms with Crippen LogP contribution in [0.1, 0.15) is 45.4 Å². The molecular formula is C14H20N2O3. The van der Waals surface area contributed by atoms with E-state index in [2.05, 4.69) is 5.32 Å². The van der Waals surface area contributed by atoms with Crippen molar-refractivity contribution in [2.24, 2.45) is 17.8 Å². The van der Waals surface area contributed by atoms with E-state index in [9.17, 15) is 14.4 Å². The average Bonchev–Trinajstić information content (AvgIpc) is 3.07. The maximum absolute atomic E-state index is 12.6. The minimum atomic E-state index is -0.638. The normalized spacial score (nSPS) is 30.7. The first-order valence-corrected chi connectivity index (χ1v) is 7.27. The molecule has 1 heterocycles. The van der Waals surface area contributed by atoms with Crippen molar-refractivity contribution in [1.29, 1.82) is 0 Å². The molecule has 2 unspecified atom stereocenters. The Hall–Kier alpha value is -1.39. The quantitative estimate of drug-likeness (QED) is 0.788. The second-order valence-electron chi connectivity index (χ2n) is 6.10. The van der Waals surface area contributed by atoms with E-state index >= 15 is 0 Å². The lowest BCUT2D eigenvalue weighted by atomic mass is 9.87. The first-order valence-electron chi connectivity index (χ1n) is 7.27. The van der Waals surface area contributed by atoms with Crippen molar-refractivity contribution in [2.75, 3.05) is 0 Å². The zero-order valence-corrected chi connectivity index (χ0v) is 11.2. The summed E-state index contributed by atoms with van der Waals surface area (Å²) >= 11 is 0. The third kappa shape index (κ3) is 2.15. The van der Waals surface area contributed by atoms with Gasteiger partial charge in [-0.15, -0.1) is 0 Å². The van der Waals surface area contributed by atoms with Crippen molar-refractivity contribution in [3.8, 4) is 0 Å². The predicted octanol–water partition coefficient (Wildman–Crippen LogP) is 1.67. The number of urea groups is 1. The maximum atomic E-state index is 12.6. The molecule has 1 N–H and O–H groups in total. The first kappa shape index (κ1) is 12.6. The number of nitrogens with one attached hydrogen (secondary N) is 1. The summed E-state index contributed by atoms with van der Waals surface area (Å²) in [5.41, 5.74) is 0. The summed E-state index contributed by atoms with van der Waals surface area (Å²) in [5.74, 6) is -0.746. The third-order valence-electron chi connectivity index (χ3n) is 4.82. The molecule has 2 saturated carbocycles. The molecule has 3 fully saturated rings. The molecule has 3 aliphatic rings. The molecule has 0 radical (unpaired) electrons. The lowest BCUT2D eigenvalue weighted by Gasteiger charge is -2.36. The smallest absolute Gasteiger partial charge is 0.277 e. The molecule has 0 aromatic carbocycles. The summed E-state index contributed by atoms with van der Waals surface area (Å²) < 4.78 is 0. The summed E-state index contributed by atoms with van der Waals surface area (Å²) in [7, 11) is 0. The van der Waals surface area contributed by atoms with E-state index in [1.165, 1.54) is 4.90 Å². The van der Waals surface area contributed by atoms with Crippen molar-refractivity contribution in [1.82, 2.24) is 10.2 Å². The first-order chi connectivity index (χ1) is 9.09. The molecular weight excluding hydrogens is 244 g/mol. The van der Waals surface area contributed by atoms with Gasteiger partial charge in [-0.1, -0.05) is 12.8 Å². The van der Waals surface area contributed by atoms with Gasteiger partial charge >= 0.3 is 6.03 Å². The van der Waals surface area contributed by atoms with Gasteiger partial charge < -0.3 is 0 Å². The number of barbiturate groups is 1. The van der Waals surface area contributed by atoms with Gasteiger partial charge in [0.2, 0.25) is 11.8 Å². The molecule has 4 amide bonds. The summed E-state index contributed by atoms with van der Waals surface area (Å²) in [6.07, 6.45) is 6.13. The van der Waals surface area contributed by atoms with Crippen LogP contribution in [0.25, 0.3) is 0 Å². The Morgan fingerprint density at radius 3 is 2.32 bits per heavy atom. The standard InChI is InChI=1S/C14H20N2O3/c1-8(9-6-7-9)16-13(18)11(10-4-2-3-5-10)12(17)15-14(16)19/h8-11H,2-7H2,1H3,(H,15,17,19). The number of rotatable bonds is 3. The summed E-state index contributed by atoms with van der Waals surface area (Å²) in [6, 6.07) is -0.604. The molecule has 5 nitrogen and oxygen atoms in total. The van der Waals surface area contributed by atoms with E-state index in [1.54, 1.807) is 0 Å². The van der Waals surface area contributed by atoms with Crippen molar-refractivity contribution >= 4 is 17.8 Å². The van der Waals surface area contributed by atoms with Gasteiger partial charge in [-0.05, 0) is 44.4 Å². The summed E-state index contributed by atoms with van der Waals surface area (Å²) in [6.45, 7) is 1.91. The fourth-order valence-electron chi connectivity index (χ4n) is 3.49. The number of nitrogens with zero attached hydrogens (tertiary/aromatic N) is 1. The van der Waals surface area contributed by atoms with Crippen molar-refractivity contribution < 1.29 is 14.4 Å². The Labute approximate surface area is 112 Å². The molecule has 19 heavy (non-hydrogen) atoms. The monoisotopic (exact) mass is 264 g/mol. The van der Waals surface area contributed by atoms with Gasteiger partial charge in [-0.2, -0.15) is 0 Å². The molecule has 104 valence electrons. The van der Waals surface area contributed by atoms with Crippen molar-refractivity contribution in [3.05, 3.63) is 0 Å². The summed E-state index contributed by atoms with van der Waals surface area (Å²) in [4.78, 5) is 37.8. The Kier molecular flexibility index (Phi) is 3.07. The highest BCUT2D eigenvalue weighted by molar-refractivity contribution is 6.16. The average molecular weight is 264 g/mol. The minimum absolute atomic E-state index is 0.0792. The molecule has 1 saturated heterocycles. The van der Waals surface area contributed by atoms with Crippen LogP contribution in [0.2, 0.25) is 0 Å².